The van der Waals surface area contributed by atoms with Crippen LogP contribution in [-0.2, 0) is 4.79 Å². The van der Waals surface area contributed by atoms with E-state index in [4.69, 9.17) is 11.6 Å². The fraction of sp³-hybridized carbons (Fsp3) is 0.300. The van der Waals surface area contributed by atoms with Crippen molar-refractivity contribution in [2.75, 3.05) is 27.2 Å². The summed E-state index contributed by atoms with van der Waals surface area (Å²) in [4.78, 5) is 26.2. The zero-order valence-electron chi connectivity index (χ0n) is 15.0. The highest BCUT2D eigenvalue weighted by molar-refractivity contribution is 6.33. The van der Waals surface area contributed by atoms with E-state index in [9.17, 15) is 9.59 Å². The van der Waals surface area contributed by atoms with Crippen LogP contribution in [0, 0.1) is 0 Å². The minimum Gasteiger partial charge on any atom is -0.354 e. The molecule has 1 unspecified atom stereocenters. The summed E-state index contributed by atoms with van der Waals surface area (Å²) in [5.41, 5.74) is 1.55. The van der Waals surface area contributed by atoms with Gasteiger partial charge in [0.1, 0.15) is 0 Å². The van der Waals surface area contributed by atoms with Crippen molar-refractivity contribution in [3.63, 3.8) is 0 Å². The Hall–Kier alpha value is -2.37. The van der Waals surface area contributed by atoms with Gasteiger partial charge in [0, 0.05) is 19.5 Å². The van der Waals surface area contributed by atoms with E-state index >= 15 is 0 Å². The predicted molar refractivity (Wildman–Crippen MR) is 104 cm³/mol. The van der Waals surface area contributed by atoms with E-state index in [1.165, 1.54) is 0 Å². The van der Waals surface area contributed by atoms with Gasteiger partial charge in [0.15, 0.2) is 0 Å². The molecule has 6 heteroatoms. The Morgan fingerprint density at radius 1 is 1.00 bits per heavy atom. The second kappa shape index (κ2) is 9.94. The monoisotopic (exact) mass is 373 g/mol. The number of carbonyl (C=O) groups excluding carboxylic acids is 2. The lowest BCUT2D eigenvalue weighted by Crippen LogP contribution is -2.36. The number of nitrogens with one attached hydrogen (secondary N) is 2. The van der Waals surface area contributed by atoms with Gasteiger partial charge in [-0.3, -0.25) is 9.59 Å². The Bertz CT molecular complexity index is 735. The number of likely N-dealkylation sites (N-methyl/N-ethyl adjacent to an activating group) is 1. The van der Waals surface area contributed by atoms with Gasteiger partial charge in [-0.25, -0.2) is 0 Å². The normalized spacial score (nSPS) is 11.8. The molecule has 26 heavy (non-hydrogen) atoms. The summed E-state index contributed by atoms with van der Waals surface area (Å²) in [7, 11) is 3.96. The van der Waals surface area contributed by atoms with E-state index in [0.717, 1.165) is 5.56 Å². The maximum Gasteiger partial charge on any atom is 0.252 e. The van der Waals surface area contributed by atoms with Gasteiger partial charge in [-0.05, 0) is 31.8 Å². The van der Waals surface area contributed by atoms with Crippen LogP contribution in [0.25, 0.3) is 0 Å². The van der Waals surface area contributed by atoms with Crippen molar-refractivity contribution < 1.29 is 9.59 Å². The Labute approximate surface area is 159 Å². The average Bonchev–Trinajstić information content (AvgIpc) is 2.62. The van der Waals surface area contributed by atoms with Crippen LogP contribution < -0.4 is 10.6 Å². The third-order valence-electron chi connectivity index (χ3n) is 4.06. The van der Waals surface area contributed by atoms with Crippen molar-refractivity contribution >= 4 is 23.4 Å². The molecular weight excluding hydrogens is 350 g/mol. The molecule has 0 saturated carbocycles. The van der Waals surface area contributed by atoms with Crippen molar-refractivity contribution in [2.24, 2.45) is 0 Å². The molecule has 0 fully saturated rings. The first-order chi connectivity index (χ1) is 12.5. The fourth-order valence-corrected chi connectivity index (χ4v) is 2.82. The van der Waals surface area contributed by atoms with Crippen LogP contribution in [0.3, 0.4) is 0 Å². The maximum absolute atomic E-state index is 12.1. The van der Waals surface area contributed by atoms with Crippen LogP contribution in [0.1, 0.15) is 28.4 Å². The minimum atomic E-state index is -0.279. The number of amides is 2. The summed E-state index contributed by atoms with van der Waals surface area (Å²) in [6.45, 7) is 0.766. The molecule has 5 nitrogen and oxygen atoms in total. The van der Waals surface area contributed by atoms with E-state index in [-0.39, 0.29) is 30.8 Å². The van der Waals surface area contributed by atoms with Crippen molar-refractivity contribution in [1.29, 1.82) is 0 Å². The van der Waals surface area contributed by atoms with Gasteiger partial charge in [0.25, 0.3) is 5.91 Å². The number of nitrogens with zero attached hydrogens (tertiary/aromatic N) is 1. The SMILES string of the molecule is CN(C)C(CNC(=O)CCNC(=O)c1ccccc1Cl)c1ccccc1. The molecule has 0 radical (unpaired) electrons. The maximum atomic E-state index is 12.1. The Kier molecular flexibility index (Phi) is 7.63. The summed E-state index contributed by atoms with van der Waals surface area (Å²) in [6.07, 6.45) is 0.213. The summed E-state index contributed by atoms with van der Waals surface area (Å²) in [5, 5.41) is 6.04. The molecular formula is C20H24ClN3O2. The van der Waals surface area contributed by atoms with E-state index in [2.05, 4.69) is 15.5 Å². The largest absolute Gasteiger partial charge is 0.354 e. The van der Waals surface area contributed by atoms with Crippen molar-refractivity contribution in [2.45, 2.75) is 12.5 Å². The molecule has 1 atom stereocenters. The van der Waals surface area contributed by atoms with Crippen molar-refractivity contribution in [3.05, 3.63) is 70.7 Å². The Morgan fingerprint density at radius 2 is 1.65 bits per heavy atom. The zero-order chi connectivity index (χ0) is 18.9. The highest BCUT2D eigenvalue weighted by Crippen LogP contribution is 2.17. The van der Waals surface area contributed by atoms with Gasteiger partial charge in [-0.15, -0.1) is 0 Å². The summed E-state index contributed by atoms with van der Waals surface area (Å²) in [6, 6.07) is 16.9. The molecule has 0 aliphatic heterocycles. The van der Waals surface area contributed by atoms with E-state index in [1.54, 1.807) is 24.3 Å². The third-order valence-corrected chi connectivity index (χ3v) is 4.39. The van der Waals surface area contributed by atoms with Gasteiger partial charge < -0.3 is 15.5 Å². The quantitative estimate of drug-likeness (QED) is 0.748. The van der Waals surface area contributed by atoms with E-state index in [1.807, 2.05) is 44.4 Å². The molecule has 2 rings (SSSR count). The lowest BCUT2D eigenvalue weighted by atomic mass is 10.1. The van der Waals surface area contributed by atoms with Crippen LogP contribution in [0.15, 0.2) is 54.6 Å². The smallest absolute Gasteiger partial charge is 0.252 e. The summed E-state index contributed by atoms with van der Waals surface area (Å²) >= 11 is 5.99. The number of hydrogen-bond acceptors (Lipinski definition) is 3. The molecule has 0 aliphatic carbocycles. The predicted octanol–water partition coefficient (Wildman–Crippen LogP) is 2.88. The number of halogens is 1. The molecule has 0 aliphatic rings. The van der Waals surface area contributed by atoms with E-state index in [0.29, 0.717) is 17.1 Å². The Balaban J connectivity index is 1.78. The minimum absolute atomic E-state index is 0.0952. The summed E-state index contributed by atoms with van der Waals surface area (Å²) < 4.78 is 0. The molecule has 0 heterocycles. The van der Waals surface area contributed by atoms with Crippen LogP contribution >= 0.6 is 11.6 Å². The lowest BCUT2D eigenvalue weighted by Gasteiger charge is -2.25. The van der Waals surface area contributed by atoms with Crippen molar-refractivity contribution in [3.8, 4) is 0 Å². The molecule has 138 valence electrons. The molecule has 0 bridgehead atoms. The first-order valence-corrected chi connectivity index (χ1v) is 8.87. The first-order valence-electron chi connectivity index (χ1n) is 8.50. The highest BCUT2D eigenvalue weighted by atomic mass is 35.5. The van der Waals surface area contributed by atoms with Crippen molar-refractivity contribution in [1.82, 2.24) is 15.5 Å². The molecule has 0 spiro atoms. The fourth-order valence-electron chi connectivity index (χ4n) is 2.60. The second-order valence-electron chi connectivity index (χ2n) is 6.18. The van der Waals surface area contributed by atoms with Gasteiger partial charge in [-0.2, -0.15) is 0 Å². The van der Waals surface area contributed by atoms with Gasteiger partial charge in [0.05, 0.1) is 16.6 Å². The van der Waals surface area contributed by atoms with Gasteiger partial charge in [0.2, 0.25) is 5.91 Å². The first kappa shape index (κ1) is 19.9. The lowest BCUT2D eigenvalue weighted by molar-refractivity contribution is -0.121. The van der Waals surface area contributed by atoms with Crippen LogP contribution in [0.4, 0.5) is 0 Å². The molecule has 2 amide bonds. The molecule has 0 saturated heterocycles. The van der Waals surface area contributed by atoms with Crippen LogP contribution in [0.2, 0.25) is 5.02 Å². The number of rotatable bonds is 8. The highest BCUT2D eigenvalue weighted by Gasteiger charge is 2.15. The second-order valence-corrected chi connectivity index (χ2v) is 6.59. The van der Waals surface area contributed by atoms with Crippen LogP contribution in [0.5, 0.6) is 0 Å². The molecule has 0 aromatic heterocycles. The summed E-state index contributed by atoms with van der Waals surface area (Å²) in [5.74, 6) is -0.383. The van der Waals surface area contributed by atoms with E-state index < -0.39 is 0 Å². The molecule has 2 aromatic rings. The molecule has 2 aromatic carbocycles. The number of hydrogen-bond donors (Lipinski definition) is 2. The third kappa shape index (κ3) is 5.86. The Morgan fingerprint density at radius 3 is 2.31 bits per heavy atom. The van der Waals surface area contributed by atoms with Gasteiger partial charge in [-0.1, -0.05) is 54.1 Å². The van der Waals surface area contributed by atoms with Gasteiger partial charge >= 0.3 is 0 Å². The number of carbonyl (C=O) groups is 2. The zero-order valence-corrected chi connectivity index (χ0v) is 15.8. The van der Waals surface area contributed by atoms with Crippen LogP contribution in [-0.4, -0.2) is 43.9 Å². The molecule has 2 N–H and O–H groups in total. The average molecular weight is 374 g/mol. The topological polar surface area (TPSA) is 61.4 Å². The number of benzene rings is 2. The standard InChI is InChI=1S/C20H24ClN3O2/c1-24(2)18(15-8-4-3-5-9-15)14-23-19(25)12-13-22-20(26)16-10-6-7-11-17(16)21/h3-11,18H,12-14H2,1-2H3,(H,22,26)(H,23,25).